The molecule has 9 heteroatoms. The van der Waals surface area contributed by atoms with Gasteiger partial charge in [0.15, 0.2) is 5.13 Å². The Hall–Kier alpha value is -3.43. The molecule has 0 spiro atoms. The summed E-state index contributed by atoms with van der Waals surface area (Å²) in [6.07, 6.45) is 2.79. The van der Waals surface area contributed by atoms with E-state index in [1.165, 1.54) is 0 Å². The van der Waals surface area contributed by atoms with Gasteiger partial charge in [0, 0.05) is 55.2 Å². The molecule has 1 aromatic heterocycles. The number of thiazole rings is 1. The van der Waals surface area contributed by atoms with Crippen molar-refractivity contribution in [2.45, 2.75) is 39.7 Å². The van der Waals surface area contributed by atoms with Crippen LogP contribution in [-0.2, 0) is 11.4 Å². The van der Waals surface area contributed by atoms with Gasteiger partial charge < -0.3 is 24.7 Å². The molecule has 1 amide bonds. The van der Waals surface area contributed by atoms with Gasteiger partial charge in [-0.3, -0.25) is 9.59 Å². The van der Waals surface area contributed by atoms with Crippen LogP contribution in [0.25, 0.3) is 11.3 Å². The summed E-state index contributed by atoms with van der Waals surface area (Å²) in [6, 6.07) is 11.9. The van der Waals surface area contributed by atoms with Crippen molar-refractivity contribution in [3.8, 4) is 17.0 Å². The van der Waals surface area contributed by atoms with Crippen molar-refractivity contribution in [2.75, 3.05) is 37.7 Å². The molecule has 3 aliphatic rings. The maximum absolute atomic E-state index is 13.0. The molecule has 1 saturated carbocycles. The Morgan fingerprint density at radius 2 is 1.83 bits per heavy atom. The normalized spacial score (nSPS) is 23.7. The van der Waals surface area contributed by atoms with Gasteiger partial charge in [-0.05, 0) is 80.3 Å². The van der Waals surface area contributed by atoms with Crippen LogP contribution in [0, 0.1) is 37.5 Å². The zero-order valence-corrected chi connectivity index (χ0v) is 24.4. The first-order chi connectivity index (χ1) is 19.8. The average Bonchev–Trinajstić information content (AvgIpc) is 3.70. The summed E-state index contributed by atoms with van der Waals surface area (Å²) in [4.78, 5) is 33.8. The van der Waals surface area contributed by atoms with Gasteiger partial charge in [0.1, 0.15) is 12.4 Å². The number of nitrogens with zero attached hydrogens (tertiary/aromatic N) is 3. The van der Waals surface area contributed by atoms with Crippen LogP contribution in [0.15, 0.2) is 41.8 Å². The first-order valence-corrected chi connectivity index (χ1v) is 15.4. The van der Waals surface area contributed by atoms with Crippen LogP contribution in [0.1, 0.15) is 46.3 Å². The number of likely N-dealkylation sites (tertiary alicyclic amines) is 1. The number of benzene rings is 2. The molecule has 216 valence electrons. The number of carbonyl (C=O) groups excluding carboxylic acids is 1. The molecule has 2 saturated heterocycles. The molecule has 2 N–H and O–H groups in total. The third kappa shape index (κ3) is 5.57. The average molecular weight is 576 g/mol. The van der Waals surface area contributed by atoms with Crippen molar-refractivity contribution in [1.29, 1.82) is 0 Å². The van der Waals surface area contributed by atoms with Gasteiger partial charge in [0.2, 0.25) is 0 Å². The Bertz CT molecular complexity index is 1440. The van der Waals surface area contributed by atoms with E-state index in [0.717, 1.165) is 71.2 Å². The van der Waals surface area contributed by atoms with Gasteiger partial charge in [0.05, 0.1) is 11.6 Å². The topological polar surface area (TPSA) is 103 Å². The third-order valence-electron chi connectivity index (χ3n) is 9.10. The number of aromatic nitrogens is 1. The predicted molar refractivity (Wildman–Crippen MR) is 158 cm³/mol. The highest BCUT2D eigenvalue weighted by molar-refractivity contribution is 7.14. The van der Waals surface area contributed by atoms with Crippen LogP contribution in [0.5, 0.6) is 5.75 Å². The number of aliphatic carboxylic acids is 1. The lowest BCUT2D eigenvalue weighted by molar-refractivity contribution is -0.144. The number of aryl methyl sites for hydroxylation is 2. The largest absolute Gasteiger partial charge is 0.488 e. The number of piperidine rings is 1. The second kappa shape index (κ2) is 11.4. The third-order valence-corrected chi connectivity index (χ3v) is 10.00. The summed E-state index contributed by atoms with van der Waals surface area (Å²) in [5.41, 5.74) is 5.59. The fourth-order valence-electron chi connectivity index (χ4n) is 6.78. The highest BCUT2D eigenvalue weighted by Crippen LogP contribution is 2.44. The Kier molecular flexibility index (Phi) is 7.74. The Morgan fingerprint density at radius 1 is 1.05 bits per heavy atom. The summed E-state index contributed by atoms with van der Waals surface area (Å²) in [7, 11) is 0. The van der Waals surface area contributed by atoms with E-state index in [2.05, 4.69) is 23.3 Å². The SMILES string of the molecule is Cc1ccc(OCc2ccc(C(=O)N3CC[C@H](CO)C3)cc2C)c(-c2csc(N3CC4CCC(C3)C4C(=O)O)n2)c1. The first-order valence-electron chi connectivity index (χ1n) is 14.5. The van der Waals surface area contributed by atoms with Crippen molar-refractivity contribution in [2.24, 2.45) is 23.7 Å². The molecule has 3 fully saturated rings. The number of amides is 1. The van der Waals surface area contributed by atoms with Crippen molar-refractivity contribution in [3.63, 3.8) is 0 Å². The van der Waals surface area contributed by atoms with Gasteiger partial charge >= 0.3 is 5.97 Å². The lowest BCUT2D eigenvalue weighted by atomic mass is 9.85. The molecule has 3 heterocycles. The number of rotatable bonds is 8. The summed E-state index contributed by atoms with van der Waals surface area (Å²) in [5.74, 6) is 0.434. The lowest BCUT2D eigenvalue weighted by Gasteiger charge is -2.35. The monoisotopic (exact) mass is 575 g/mol. The van der Waals surface area contributed by atoms with Crippen molar-refractivity contribution < 1.29 is 24.5 Å². The highest BCUT2D eigenvalue weighted by atomic mass is 32.1. The fourth-order valence-corrected chi connectivity index (χ4v) is 7.63. The van der Waals surface area contributed by atoms with Crippen molar-refractivity contribution in [1.82, 2.24) is 9.88 Å². The van der Waals surface area contributed by atoms with Crippen LogP contribution in [0.3, 0.4) is 0 Å². The number of carboxylic acid groups (broad SMARTS) is 1. The van der Waals surface area contributed by atoms with E-state index in [1.807, 2.05) is 42.2 Å². The quantitative estimate of drug-likeness (QED) is 0.389. The second-order valence-corrected chi connectivity index (χ2v) is 12.7. The zero-order valence-electron chi connectivity index (χ0n) is 23.6. The van der Waals surface area contributed by atoms with E-state index in [9.17, 15) is 19.8 Å². The van der Waals surface area contributed by atoms with E-state index in [4.69, 9.17) is 9.72 Å². The molecular weight excluding hydrogens is 538 g/mol. The number of carboxylic acids is 1. The zero-order chi connectivity index (χ0) is 28.7. The molecule has 1 aliphatic carbocycles. The molecule has 2 unspecified atom stereocenters. The maximum atomic E-state index is 13.0. The molecule has 3 atom stereocenters. The highest BCUT2D eigenvalue weighted by Gasteiger charge is 2.46. The molecule has 3 aromatic rings. The molecule has 6 rings (SSSR count). The standard InChI is InChI=1S/C32H37N3O5S/c1-19-3-8-28(40-17-25-7-4-22(12-20(25)2)30(37)34-10-9-21(13-34)16-36)26(11-19)27-18-41-32(33-27)35-14-23-5-6-24(15-35)29(23)31(38)39/h3-4,7-8,11-12,18,21,23-24,29,36H,5-6,9-10,13-17H2,1-2H3,(H,38,39)/t21-,23?,24?,29?/m0/s1. The maximum Gasteiger partial charge on any atom is 0.307 e. The summed E-state index contributed by atoms with van der Waals surface area (Å²) in [6.45, 7) is 7.33. The van der Waals surface area contributed by atoms with Gasteiger partial charge in [-0.2, -0.15) is 0 Å². The second-order valence-electron chi connectivity index (χ2n) is 11.9. The van der Waals surface area contributed by atoms with Crippen LogP contribution in [-0.4, -0.2) is 64.8 Å². The van der Waals surface area contributed by atoms with Crippen LogP contribution in [0.4, 0.5) is 5.13 Å². The minimum Gasteiger partial charge on any atom is -0.488 e. The first kappa shape index (κ1) is 27.7. The smallest absolute Gasteiger partial charge is 0.307 e. The number of hydrogen-bond donors (Lipinski definition) is 2. The molecular formula is C32H37N3O5S. The number of hydrogen-bond acceptors (Lipinski definition) is 7. The van der Waals surface area contributed by atoms with Crippen molar-refractivity contribution >= 4 is 28.3 Å². The van der Waals surface area contributed by atoms with Crippen LogP contribution < -0.4 is 9.64 Å². The molecule has 2 bridgehead atoms. The number of ether oxygens (including phenoxy) is 1. The predicted octanol–water partition coefficient (Wildman–Crippen LogP) is 5.01. The number of aliphatic hydroxyl groups excluding tert-OH is 1. The number of aliphatic hydroxyl groups is 1. The molecule has 2 aromatic carbocycles. The van der Waals surface area contributed by atoms with Gasteiger partial charge in [-0.25, -0.2) is 4.98 Å². The summed E-state index contributed by atoms with van der Waals surface area (Å²) < 4.78 is 6.34. The Morgan fingerprint density at radius 3 is 2.51 bits per heavy atom. The fraction of sp³-hybridized carbons (Fsp3) is 0.469. The van der Waals surface area contributed by atoms with Gasteiger partial charge in [-0.1, -0.05) is 17.7 Å². The minimum atomic E-state index is -0.655. The molecule has 2 aliphatic heterocycles. The Balaban J connectivity index is 1.15. The van der Waals surface area contributed by atoms with E-state index < -0.39 is 5.97 Å². The molecule has 8 nitrogen and oxygen atoms in total. The molecule has 0 radical (unpaired) electrons. The van der Waals surface area contributed by atoms with E-state index >= 15 is 0 Å². The molecule has 41 heavy (non-hydrogen) atoms. The summed E-state index contributed by atoms with van der Waals surface area (Å²) >= 11 is 1.60. The van der Waals surface area contributed by atoms with Gasteiger partial charge in [-0.15, -0.1) is 11.3 Å². The van der Waals surface area contributed by atoms with Crippen LogP contribution >= 0.6 is 11.3 Å². The van der Waals surface area contributed by atoms with Crippen LogP contribution in [0.2, 0.25) is 0 Å². The summed E-state index contributed by atoms with van der Waals surface area (Å²) in [5, 5.41) is 22.1. The van der Waals surface area contributed by atoms with Crippen molar-refractivity contribution in [3.05, 3.63) is 64.0 Å². The van der Waals surface area contributed by atoms with Gasteiger partial charge in [0.25, 0.3) is 5.91 Å². The lowest BCUT2D eigenvalue weighted by Crippen LogP contribution is -2.44. The van der Waals surface area contributed by atoms with E-state index in [-0.39, 0.29) is 36.2 Å². The number of fused-ring (bicyclic) bond motifs is 2. The number of carbonyl (C=O) groups is 2. The number of anilines is 1. The van der Waals surface area contributed by atoms with E-state index in [1.54, 1.807) is 11.3 Å². The Labute approximate surface area is 244 Å². The minimum absolute atomic E-state index is 0.0110. The van der Waals surface area contributed by atoms with E-state index in [0.29, 0.717) is 25.3 Å².